The number of aromatic nitrogens is 3. The number of fused-ring (bicyclic) bond motifs is 1. The summed E-state index contributed by atoms with van der Waals surface area (Å²) in [5.41, 5.74) is 1.42. The molecule has 0 aliphatic rings. The molecule has 0 radical (unpaired) electrons. The van der Waals surface area contributed by atoms with E-state index in [2.05, 4.69) is 22.2 Å². The van der Waals surface area contributed by atoms with Gasteiger partial charge in [-0.1, -0.05) is 50.1 Å². The molecule has 3 rings (SSSR count). The predicted molar refractivity (Wildman–Crippen MR) is 122 cm³/mol. The number of nitrogens with one attached hydrogen (secondary N) is 1. The molecule has 0 aliphatic carbocycles. The number of amides is 1. The minimum Gasteiger partial charge on any atom is -0.353 e. The standard InChI is InChI=1S/C23H28N4O2S/c1-4-5-6-9-17(3)25-21(28)15-30-23-26-19-11-8-7-10-18(19)22(29)27(23)20-14-16(2)12-13-24-20/h7-8,10-14,17H,4-6,9,15H2,1-3H3,(H,25,28). The summed E-state index contributed by atoms with van der Waals surface area (Å²) >= 11 is 1.25. The van der Waals surface area contributed by atoms with Crippen LogP contribution in [0.15, 0.2) is 52.5 Å². The van der Waals surface area contributed by atoms with E-state index in [0.717, 1.165) is 24.8 Å². The minimum absolute atomic E-state index is 0.0600. The Hall–Kier alpha value is -2.67. The van der Waals surface area contributed by atoms with Gasteiger partial charge in [0.05, 0.1) is 16.7 Å². The van der Waals surface area contributed by atoms with Crippen LogP contribution in [0, 0.1) is 6.92 Å². The predicted octanol–water partition coefficient (Wildman–Crippen LogP) is 4.27. The van der Waals surface area contributed by atoms with Gasteiger partial charge in [-0.2, -0.15) is 0 Å². The number of benzene rings is 1. The monoisotopic (exact) mass is 424 g/mol. The molecule has 2 heterocycles. The zero-order valence-corrected chi connectivity index (χ0v) is 18.5. The summed E-state index contributed by atoms with van der Waals surface area (Å²) in [5.74, 6) is 0.638. The fourth-order valence-electron chi connectivity index (χ4n) is 3.27. The summed E-state index contributed by atoms with van der Waals surface area (Å²) < 4.78 is 1.50. The molecule has 1 amide bonds. The number of carbonyl (C=O) groups excluding carboxylic acids is 1. The number of hydrogen-bond donors (Lipinski definition) is 1. The molecule has 3 aromatic rings. The average Bonchev–Trinajstić information content (AvgIpc) is 2.72. The number of para-hydroxylation sites is 1. The van der Waals surface area contributed by atoms with Crippen LogP contribution in [0.25, 0.3) is 16.7 Å². The molecular weight excluding hydrogens is 396 g/mol. The first kappa shape index (κ1) is 22.0. The van der Waals surface area contributed by atoms with E-state index < -0.39 is 0 Å². The van der Waals surface area contributed by atoms with E-state index in [-0.39, 0.29) is 23.3 Å². The van der Waals surface area contributed by atoms with E-state index >= 15 is 0 Å². The lowest BCUT2D eigenvalue weighted by molar-refractivity contribution is -0.119. The van der Waals surface area contributed by atoms with Crippen molar-refractivity contribution in [1.82, 2.24) is 19.9 Å². The van der Waals surface area contributed by atoms with Crippen LogP contribution in [0.4, 0.5) is 0 Å². The van der Waals surface area contributed by atoms with Crippen LogP contribution >= 0.6 is 11.8 Å². The fraction of sp³-hybridized carbons (Fsp3) is 0.391. The third-order valence-electron chi connectivity index (χ3n) is 4.86. The third-order valence-corrected chi connectivity index (χ3v) is 5.79. The molecule has 0 saturated carbocycles. The van der Waals surface area contributed by atoms with Crippen molar-refractivity contribution in [3.05, 3.63) is 58.5 Å². The van der Waals surface area contributed by atoms with Gasteiger partial charge in [0.25, 0.3) is 5.56 Å². The van der Waals surface area contributed by atoms with Crippen molar-refractivity contribution in [2.75, 3.05) is 5.75 Å². The summed E-state index contributed by atoms with van der Waals surface area (Å²) in [7, 11) is 0. The van der Waals surface area contributed by atoms with Gasteiger partial charge in [-0.3, -0.25) is 9.59 Å². The van der Waals surface area contributed by atoms with E-state index in [1.165, 1.54) is 22.7 Å². The summed E-state index contributed by atoms with van der Waals surface area (Å²) in [6.07, 6.45) is 6.08. The van der Waals surface area contributed by atoms with Gasteiger partial charge in [0.1, 0.15) is 5.82 Å². The summed E-state index contributed by atoms with van der Waals surface area (Å²) in [6, 6.07) is 11.1. The van der Waals surface area contributed by atoms with E-state index in [1.807, 2.05) is 44.2 Å². The Kier molecular flexibility index (Phi) is 7.63. The molecule has 0 fully saturated rings. The molecule has 1 atom stereocenters. The Morgan fingerprint density at radius 2 is 2.03 bits per heavy atom. The van der Waals surface area contributed by atoms with Gasteiger partial charge in [-0.15, -0.1) is 0 Å². The quantitative estimate of drug-likeness (QED) is 0.315. The van der Waals surface area contributed by atoms with Crippen LogP contribution in [-0.4, -0.2) is 32.2 Å². The second-order valence-corrected chi connectivity index (χ2v) is 8.44. The Balaban J connectivity index is 1.85. The molecule has 0 spiro atoms. The van der Waals surface area contributed by atoms with E-state index in [0.29, 0.717) is 21.9 Å². The Morgan fingerprint density at radius 1 is 1.23 bits per heavy atom. The zero-order chi connectivity index (χ0) is 21.5. The van der Waals surface area contributed by atoms with Gasteiger partial charge in [0.2, 0.25) is 5.91 Å². The number of carbonyl (C=O) groups is 1. The molecular formula is C23H28N4O2S. The normalized spacial score (nSPS) is 12.1. The summed E-state index contributed by atoms with van der Waals surface area (Å²) in [5, 5.41) is 4.03. The van der Waals surface area contributed by atoms with E-state index in [4.69, 9.17) is 0 Å². The topological polar surface area (TPSA) is 76.9 Å². The Labute approximate surface area is 181 Å². The summed E-state index contributed by atoms with van der Waals surface area (Å²) in [4.78, 5) is 34.7. The SMILES string of the molecule is CCCCCC(C)NC(=O)CSc1nc2ccccc2c(=O)n1-c1cc(C)ccn1. The number of hydrogen-bond acceptors (Lipinski definition) is 5. The first-order chi connectivity index (χ1) is 14.5. The zero-order valence-electron chi connectivity index (χ0n) is 17.7. The van der Waals surface area contributed by atoms with Gasteiger partial charge in [0, 0.05) is 12.2 Å². The molecule has 7 heteroatoms. The van der Waals surface area contributed by atoms with E-state index in [9.17, 15) is 9.59 Å². The summed E-state index contributed by atoms with van der Waals surface area (Å²) in [6.45, 7) is 6.14. The van der Waals surface area contributed by atoms with Crippen molar-refractivity contribution in [1.29, 1.82) is 0 Å². The minimum atomic E-state index is -0.186. The van der Waals surface area contributed by atoms with Gasteiger partial charge in [-0.25, -0.2) is 14.5 Å². The Morgan fingerprint density at radius 3 is 2.80 bits per heavy atom. The third kappa shape index (κ3) is 5.48. The van der Waals surface area contributed by atoms with Crippen molar-refractivity contribution >= 4 is 28.6 Å². The highest BCUT2D eigenvalue weighted by atomic mass is 32.2. The molecule has 1 N–H and O–H groups in total. The Bertz CT molecular complexity index is 1080. The molecule has 1 unspecified atom stereocenters. The van der Waals surface area contributed by atoms with Crippen LogP contribution in [-0.2, 0) is 4.79 Å². The molecule has 0 aliphatic heterocycles. The van der Waals surface area contributed by atoms with Crippen molar-refractivity contribution in [3.8, 4) is 5.82 Å². The number of thioether (sulfide) groups is 1. The molecule has 30 heavy (non-hydrogen) atoms. The number of unbranched alkanes of at least 4 members (excludes halogenated alkanes) is 2. The highest BCUT2D eigenvalue weighted by Gasteiger charge is 2.16. The number of rotatable bonds is 9. The van der Waals surface area contributed by atoms with Gasteiger partial charge in [0.15, 0.2) is 5.16 Å². The maximum atomic E-state index is 13.2. The van der Waals surface area contributed by atoms with Crippen molar-refractivity contribution in [2.24, 2.45) is 0 Å². The second-order valence-electron chi connectivity index (χ2n) is 7.50. The lowest BCUT2D eigenvalue weighted by Gasteiger charge is -2.15. The average molecular weight is 425 g/mol. The van der Waals surface area contributed by atoms with Crippen molar-refractivity contribution in [3.63, 3.8) is 0 Å². The maximum Gasteiger partial charge on any atom is 0.267 e. The lowest BCUT2D eigenvalue weighted by atomic mass is 10.1. The lowest BCUT2D eigenvalue weighted by Crippen LogP contribution is -2.34. The molecule has 158 valence electrons. The highest BCUT2D eigenvalue weighted by molar-refractivity contribution is 7.99. The largest absolute Gasteiger partial charge is 0.353 e. The fourth-order valence-corrected chi connectivity index (χ4v) is 4.08. The number of aryl methyl sites for hydroxylation is 1. The van der Waals surface area contributed by atoms with Crippen LogP contribution in [0.3, 0.4) is 0 Å². The smallest absolute Gasteiger partial charge is 0.267 e. The van der Waals surface area contributed by atoms with Gasteiger partial charge < -0.3 is 5.32 Å². The second kappa shape index (κ2) is 10.4. The molecule has 2 aromatic heterocycles. The molecule has 6 nitrogen and oxygen atoms in total. The maximum absolute atomic E-state index is 13.2. The first-order valence-corrected chi connectivity index (χ1v) is 11.3. The van der Waals surface area contributed by atoms with Crippen LogP contribution < -0.4 is 10.9 Å². The molecule has 0 saturated heterocycles. The molecule has 1 aromatic carbocycles. The van der Waals surface area contributed by atoms with Crippen LogP contribution in [0.2, 0.25) is 0 Å². The van der Waals surface area contributed by atoms with E-state index in [1.54, 1.807) is 12.3 Å². The van der Waals surface area contributed by atoms with Gasteiger partial charge >= 0.3 is 0 Å². The van der Waals surface area contributed by atoms with Crippen LogP contribution in [0.5, 0.6) is 0 Å². The molecule has 0 bridgehead atoms. The number of nitrogens with zero attached hydrogens (tertiary/aromatic N) is 3. The highest BCUT2D eigenvalue weighted by Crippen LogP contribution is 2.21. The van der Waals surface area contributed by atoms with Crippen molar-refractivity contribution in [2.45, 2.75) is 57.7 Å². The number of pyridine rings is 1. The van der Waals surface area contributed by atoms with Gasteiger partial charge in [-0.05, 0) is 50.1 Å². The first-order valence-electron chi connectivity index (χ1n) is 10.4. The van der Waals surface area contributed by atoms with Crippen LogP contribution in [0.1, 0.15) is 45.1 Å². The van der Waals surface area contributed by atoms with Crippen molar-refractivity contribution < 1.29 is 4.79 Å².